The summed E-state index contributed by atoms with van der Waals surface area (Å²) in [4.78, 5) is 21.4. The van der Waals surface area contributed by atoms with E-state index in [4.69, 9.17) is 9.97 Å². The van der Waals surface area contributed by atoms with Crippen molar-refractivity contribution in [3.63, 3.8) is 0 Å². The summed E-state index contributed by atoms with van der Waals surface area (Å²) in [5.41, 5.74) is 0.943. The molecule has 2 aromatic rings. The van der Waals surface area contributed by atoms with Crippen LogP contribution in [-0.2, 0) is 0 Å². The summed E-state index contributed by atoms with van der Waals surface area (Å²) in [6.07, 6.45) is 11.1. The lowest BCUT2D eigenvalue weighted by molar-refractivity contribution is 1.11. The van der Waals surface area contributed by atoms with Crippen molar-refractivity contribution in [2.24, 2.45) is 9.98 Å². The van der Waals surface area contributed by atoms with Gasteiger partial charge in [-0.05, 0) is 13.8 Å². The summed E-state index contributed by atoms with van der Waals surface area (Å²) < 4.78 is 0. The van der Waals surface area contributed by atoms with Crippen molar-refractivity contribution in [3.8, 4) is 11.4 Å². The van der Waals surface area contributed by atoms with E-state index in [-0.39, 0.29) is 0 Å². The van der Waals surface area contributed by atoms with Crippen LogP contribution in [0.3, 0.4) is 0 Å². The molecule has 0 aliphatic carbocycles. The number of hydrogen-bond donors (Lipinski definition) is 0. The molecule has 1 heterocycles. The molecule has 2 rings (SSSR count). The number of nitrogens with zero attached hydrogens (tertiary/aromatic N) is 6. The number of aromatic nitrogens is 2. The van der Waals surface area contributed by atoms with E-state index in [9.17, 15) is 0 Å². The molecule has 0 saturated heterocycles. The molecule has 0 aliphatic rings. The topological polar surface area (TPSA) is 57.0 Å². The summed E-state index contributed by atoms with van der Waals surface area (Å²) in [6.45, 7) is 3.90. The Bertz CT molecular complexity index is 738. The minimum atomic E-state index is 0.635. The first kappa shape index (κ1) is 19.1. The number of anilines is 2. The minimum Gasteiger partial charge on any atom is -0.293 e. The maximum Gasteiger partial charge on any atom is 0.163 e. The highest BCUT2D eigenvalue weighted by Gasteiger charge is 2.13. The molecule has 0 unspecified atom stereocenters. The first-order valence-corrected chi connectivity index (χ1v) is 8.34. The lowest BCUT2D eigenvalue weighted by atomic mass is 10.2. The smallest absolute Gasteiger partial charge is 0.163 e. The molecule has 0 N–H and O–H groups in total. The van der Waals surface area contributed by atoms with Crippen molar-refractivity contribution in [1.29, 1.82) is 0 Å². The third-order valence-electron chi connectivity index (χ3n) is 3.36. The van der Waals surface area contributed by atoms with Gasteiger partial charge in [0.1, 0.15) is 11.6 Å². The molecule has 6 nitrogen and oxygen atoms in total. The number of rotatable bonds is 7. The highest BCUT2D eigenvalue weighted by molar-refractivity contribution is 5.85. The van der Waals surface area contributed by atoms with Crippen LogP contribution in [0.15, 0.2) is 70.9 Å². The Balaban J connectivity index is 2.65. The molecule has 0 fully saturated rings. The maximum atomic E-state index is 4.72. The molecular weight excluding hydrogens is 324 g/mol. The van der Waals surface area contributed by atoms with Crippen molar-refractivity contribution in [1.82, 2.24) is 9.97 Å². The Labute approximate surface area is 155 Å². The number of benzene rings is 1. The molecule has 1 aromatic carbocycles. The molecule has 134 valence electrons. The van der Waals surface area contributed by atoms with Crippen LogP contribution in [0.4, 0.5) is 11.6 Å². The zero-order valence-corrected chi connectivity index (χ0v) is 15.6. The Kier molecular flexibility index (Phi) is 7.24. The van der Waals surface area contributed by atoms with E-state index in [1.165, 1.54) is 0 Å². The SMILES string of the molecule is C/C=C\N(/C=N/C)c1cc(N(/C=C\C)/C=N/C)nc(-c2ccccc2)n1. The van der Waals surface area contributed by atoms with Gasteiger partial charge in [0.05, 0.1) is 12.7 Å². The second-order valence-electron chi connectivity index (χ2n) is 5.30. The maximum absolute atomic E-state index is 4.72. The van der Waals surface area contributed by atoms with Crippen LogP contribution in [0.2, 0.25) is 0 Å². The zero-order chi connectivity index (χ0) is 18.8. The van der Waals surface area contributed by atoms with Crippen LogP contribution >= 0.6 is 0 Å². The van der Waals surface area contributed by atoms with Crippen molar-refractivity contribution in [2.45, 2.75) is 13.8 Å². The molecule has 6 heteroatoms. The van der Waals surface area contributed by atoms with E-state index in [1.807, 2.05) is 84.6 Å². The fraction of sp³-hybridized carbons (Fsp3) is 0.200. The molecular formula is C20H24N6. The number of allylic oxidation sites excluding steroid dienone is 2. The van der Waals surface area contributed by atoms with Crippen molar-refractivity contribution in [3.05, 3.63) is 61.0 Å². The van der Waals surface area contributed by atoms with Gasteiger partial charge in [-0.1, -0.05) is 42.5 Å². The molecule has 0 amide bonds. The Morgan fingerprint density at radius 1 is 0.808 bits per heavy atom. The normalized spacial score (nSPS) is 12.0. The van der Waals surface area contributed by atoms with Gasteiger partial charge in [-0.15, -0.1) is 0 Å². The average Bonchev–Trinajstić information content (AvgIpc) is 2.68. The summed E-state index contributed by atoms with van der Waals surface area (Å²) in [5.74, 6) is 2.07. The second-order valence-corrected chi connectivity index (χ2v) is 5.30. The van der Waals surface area contributed by atoms with E-state index < -0.39 is 0 Å². The quantitative estimate of drug-likeness (QED) is 0.557. The van der Waals surface area contributed by atoms with Crippen LogP contribution < -0.4 is 9.80 Å². The summed E-state index contributed by atoms with van der Waals surface area (Å²) in [7, 11) is 3.46. The van der Waals surface area contributed by atoms with E-state index in [1.54, 1.807) is 26.8 Å². The molecule has 0 spiro atoms. The van der Waals surface area contributed by atoms with Gasteiger partial charge in [-0.3, -0.25) is 19.8 Å². The summed E-state index contributed by atoms with van der Waals surface area (Å²) in [5, 5.41) is 0. The van der Waals surface area contributed by atoms with Gasteiger partial charge in [0.15, 0.2) is 5.82 Å². The third kappa shape index (κ3) is 4.86. The van der Waals surface area contributed by atoms with Gasteiger partial charge in [-0.25, -0.2) is 9.97 Å². The molecule has 0 saturated carbocycles. The van der Waals surface area contributed by atoms with Gasteiger partial charge in [-0.2, -0.15) is 0 Å². The molecule has 0 aliphatic heterocycles. The highest BCUT2D eigenvalue weighted by Crippen LogP contribution is 2.24. The van der Waals surface area contributed by atoms with Gasteiger partial charge in [0.2, 0.25) is 0 Å². The number of hydrogen-bond acceptors (Lipinski definition) is 4. The van der Waals surface area contributed by atoms with Gasteiger partial charge in [0.25, 0.3) is 0 Å². The van der Waals surface area contributed by atoms with Crippen LogP contribution in [0.25, 0.3) is 11.4 Å². The minimum absolute atomic E-state index is 0.635. The molecule has 1 aromatic heterocycles. The van der Waals surface area contributed by atoms with Crippen LogP contribution in [0.5, 0.6) is 0 Å². The lowest BCUT2D eigenvalue weighted by Crippen LogP contribution is -2.19. The van der Waals surface area contributed by atoms with Crippen LogP contribution in [0.1, 0.15) is 13.8 Å². The van der Waals surface area contributed by atoms with Crippen molar-refractivity contribution in [2.75, 3.05) is 23.9 Å². The molecule has 0 radical (unpaired) electrons. The van der Waals surface area contributed by atoms with E-state index in [0.29, 0.717) is 5.82 Å². The summed E-state index contributed by atoms with van der Waals surface area (Å²) in [6, 6.07) is 11.8. The largest absolute Gasteiger partial charge is 0.293 e. The molecule has 0 bridgehead atoms. The van der Waals surface area contributed by atoms with E-state index >= 15 is 0 Å². The number of aliphatic imine (C=N–C) groups is 2. The third-order valence-corrected chi connectivity index (χ3v) is 3.36. The standard InChI is InChI=1S/C20H24N6/c1-5-12-25(15-21-3)18-14-19(26(13-6-2)16-22-4)24-20(23-18)17-10-8-7-9-11-17/h5-16H,1-4H3/b12-5-,13-6-,21-15+,22-16+. The fourth-order valence-electron chi connectivity index (χ4n) is 2.32. The Morgan fingerprint density at radius 3 is 1.73 bits per heavy atom. The molecule has 0 atom stereocenters. The Hall–Kier alpha value is -3.28. The zero-order valence-electron chi connectivity index (χ0n) is 15.6. The average molecular weight is 348 g/mol. The predicted octanol–water partition coefficient (Wildman–Crippen LogP) is 4.14. The lowest BCUT2D eigenvalue weighted by Gasteiger charge is -2.19. The van der Waals surface area contributed by atoms with Crippen molar-refractivity contribution >= 4 is 24.3 Å². The van der Waals surface area contributed by atoms with Gasteiger partial charge < -0.3 is 0 Å². The monoisotopic (exact) mass is 348 g/mol. The van der Waals surface area contributed by atoms with Gasteiger partial charge >= 0.3 is 0 Å². The second kappa shape index (κ2) is 9.88. The summed E-state index contributed by atoms with van der Waals surface area (Å²) >= 11 is 0. The molecule has 26 heavy (non-hydrogen) atoms. The highest BCUT2D eigenvalue weighted by atomic mass is 15.2. The van der Waals surface area contributed by atoms with Crippen LogP contribution in [0, 0.1) is 0 Å². The fourth-order valence-corrected chi connectivity index (χ4v) is 2.32. The van der Waals surface area contributed by atoms with Gasteiger partial charge in [0, 0.05) is 38.1 Å². The van der Waals surface area contributed by atoms with E-state index in [2.05, 4.69) is 9.98 Å². The first-order valence-electron chi connectivity index (χ1n) is 8.34. The van der Waals surface area contributed by atoms with Crippen LogP contribution in [-0.4, -0.2) is 36.7 Å². The first-order chi connectivity index (χ1) is 12.7. The van der Waals surface area contributed by atoms with E-state index in [0.717, 1.165) is 17.2 Å². The predicted molar refractivity (Wildman–Crippen MR) is 111 cm³/mol. The Morgan fingerprint density at radius 2 is 1.31 bits per heavy atom. The van der Waals surface area contributed by atoms with Crippen molar-refractivity contribution < 1.29 is 0 Å².